The van der Waals surface area contributed by atoms with Gasteiger partial charge < -0.3 is 15.3 Å². The Balaban J connectivity index is 2.77. The number of aliphatic hydroxyl groups is 3. The molecule has 0 amide bonds. The Morgan fingerprint density at radius 3 is 2.09 bits per heavy atom. The fourth-order valence-corrected chi connectivity index (χ4v) is 1.54. The zero-order valence-corrected chi connectivity index (χ0v) is 6.57. The van der Waals surface area contributed by atoms with Crippen molar-refractivity contribution >= 4 is 0 Å². The molecule has 64 valence electrons. The molecule has 0 bridgehead atoms. The second-order valence-electron chi connectivity index (χ2n) is 3.13. The average molecular weight is 158 g/mol. The van der Waals surface area contributed by atoms with Crippen LogP contribution in [0.25, 0.3) is 0 Å². The fourth-order valence-electron chi connectivity index (χ4n) is 1.54. The molecule has 0 saturated heterocycles. The lowest BCUT2D eigenvalue weighted by molar-refractivity contribution is -0.00322. The highest BCUT2D eigenvalue weighted by Gasteiger charge is 2.41. The van der Waals surface area contributed by atoms with E-state index < -0.39 is 12.2 Å². The molecule has 3 heteroatoms. The summed E-state index contributed by atoms with van der Waals surface area (Å²) >= 11 is 0. The predicted octanol–water partition coefficient (Wildman–Crippen LogP) is -0.477. The lowest BCUT2D eigenvalue weighted by atomic mass is 10.0. The van der Waals surface area contributed by atoms with Gasteiger partial charge in [0.15, 0.2) is 0 Å². The van der Waals surface area contributed by atoms with Crippen LogP contribution in [0.2, 0.25) is 0 Å². The summed E-state index contributed by atoms with van der Waals surface area (Å²) in [7, 11) is 0. The van der Waals surface area contributed by atoms with Gasteiger partial charge in [-0.05, 0) is 0 Å². The molecule has 1 fully saturated rings. The van der Waals surface area contributed by atoms with E-state index in [0.29, 0.717) is 0 Å². The monoisotopic (exact) mass is 158 g/mol. The summed E-state index contributed by atoms with van der Waals surface area (Å²) in [5, 5.41) is 27.5. The molecule has 11 heavy (non-hydrogen) atoms. The molecule has 3 N–H and O–H groups in total. The maximum absolute atomic E-state index is 9.33. The number of aliphatic hydroxyl groups excluding tert-OH is 3. The largest absolute Gasteiger partial charge is 0.396 e. The molecule has 1 saturated carbocycles. The Hall–Kier alpha value is -0.380. The van der Waals surface area contributed by atoms with Gasteiger partial charge in [-0.25, -0.2) is 0 Å². The van der Waals surface area contributed by atoms with Crippen LogP contribution in [-0.4, -0.2) is 34.1 Å². The lowest BCUT2D eigenvalue weighted by Crippen LogP contribution is -2.28. The minimum absolute atomic E-state index is 0.109. The molecular formula is C8H14O3. The summed E-state index contributed by atoms with van der Waals surface area (Å²) in [6.45, 7) is 5.37. The van der Waals surface area contributed by atoms with Crippen molar-refractivity contribution in [2.45, 2.75) is 19.1 Å². The van der Waals surface area contributed by atoms with E-state index in [9.17, 15) is 10.2 Å². The van der Waals surface area contributed by atoms with Crippen LogP contribution < -0.4 is 0 Å². The Morgan fingerprint density at radius 1 is 1.36 bits per heavy atom. The first kappa shape index (κ1) is 8.71. The van der Waals surface area contributed by atoms with Crippen LogP contribution in [0.5, 0.6) is 0 Å². The van der Waals surface area contributed by atoms with E-state index in [4.69, 9.17) is 5.11 Å². The lowest BCUT2D eigenvalue weighted by Gasteiger charge is -2.13. The molecule has 3 nitrogen and oxygen atoms in total. The van der Waals surface area contributed by atoms with Crippen LogP contribution in [-0.2, 0) is 0 Å². The quantitative estimate of drug-likeness (QED) is 0.452. The van der Waals surface area contributed by atoms with Crippen LogP contribution in [0.15, 0.2) is 12.2 Å². The fraction of sp³-hybridized carbons (Fsp3) is 0.750. The third kappa shape index (κ3) is 1.20. The molecule has 0 aliphatic heterocycles. The van der Waals surface area contributed by atoms with Gasteiger partial charge in [0.05, 0.1) is 18.8 Å². The first-order chi connectivity index (χ1) is 5.09. The van der Waals surface area contributed by atoms with Crippen LogP contribution >= 0.6 is 0 Å². The molecule has 0 aromatic heterocycles. The number of hydrogen-bond donors (Lipinski definition) is 3. The van der Waals surface area contributed by atoms with Crippen molar-refractivity contribution in [3.63, 3.8) is 0 Å². The molecule has 4 unspecified atom stereocenters. The summed E-state index contributed by atoms with van der Waals surface area (Å²) in [5.41, 5.74) is 0.743. The summed E-state index contributed by atoms with van der Waals surface area (Å²) in [6, 6.07) is 0. The zero-order valence-electron chi connectivity index (χ0n) is 6.57. The van der Waals surface area contributed by atoms with Crippen molar-refractivity contribution in [3.05, 3.63) is 12.2 Å². The molecule has 0 radical (unpaired) electrons. The van der Waals surface area contributed by atoms with E-state index in [1.165, 1.54) is 0 Å². The molecule has 0 aromatic carbocycles. The first-order valence-corrected chi connectivity index (χ1v) is 3.75. The summed E-state index contributed by atoms with van der Waals surface area (Å²) in [5.74, 6) is -0.456. The molecule has 0 spiro atoms. The smallest absolute Gasteiger partial charge is 0.0892 e. The van der Waals surface area contributed by atoms with Crippen LogP contribution in [0.3, 0.4) is 0 Å². The van der Waals surface area contributed by atoms with E-state index >= 15 is 0 Å². The molecule has 1 rings (SSSR count). The highest BCUT2D eigenvalue weighted by atomic mass is 16.3. The Morgan fingerprint density at radius 2 is 1.91 bits per heavy atom. The third-order valence-electron chi connectivity index (χ3n) is 2.53. The van der Waals surface area contributed by atoms with Gasteiger partial charge in [-0.1, -0.05) is 19.1 Å². The van der Waals surface area contributed by atoms with Crippen LogP contribution in [0.1, 0.15) is 6.92 Å². The standard InChI is InChI=1S/C8H14O3/c1-4-5(2)7(10)8(11)6(4)3-9/h5-11H,1,3H2,2H3. The molecular weight excluding hydrogens is 144 g/mol. The van der Waals surface area contributed by atoms with E-state index in [1.807, 2.05) is 0 Å². The SMILES string of the molecule is C=C1C(C)C(O)C(O)C1CO. The minimum atomic E-state index is -0.845. The van der Waals surface area contributed by atoms with E-state index in [-0.39, 0.29) is 18.4 Å². The second-order valence-corrected chi connectivity index (χ2v) is 3.13. The zero-order chi connectivity index (χ0) is 8.59. The van der Waals surface area contributed by atoms with E-state index in [2.05, 4.69) is 6.58 Å². The minimum Gasteiger partial charge on any atom is -0.396 e. The predicted molar refractivity (Wildman–Crippen MR) is 40.9 cm³/mol. The van der Waals surface area contributed by atoms with E-state index in [1.54, 1.807) is 6.92 Å². The maximum atomic E-state index is 9.33. The highest BCUT2D eigenvalue weighted by Crippen LogP contribution is 2.35. The number of rotatable bonds is 1. The van der Waals surface area contributed by atoms with E-state index in [0.717, 1.165) is 5.57 Å². The first-order valence-electron chi connectivity index (χ1n) is 3.75. The average Bonchev–Trinajstić information content (AvgIpc) is 2.17. The maximum Gasteiger partial charge on any atom is 0.0892 e. The van der Waals surface area contributed by atoms with Crippen molar-refractivity contribution in [2.75, 3.05) is 6.61 Å². The van der Waals surface area contributed by atoms with Gasteiger partial charge in [0.25, 0.3) is 0 Å². The van der Waals surface area contributed by atoms with Gasteiger partial charge in [0.2, 0.25) is 0 Å². The van der Waals surface area contributed by atoms with Crippen molar-refractivity contribution in [3.8, 4) is 0 Å². The van der Waals surface area contributed by atoms with Gasteiger partial charge in [0.1, 0.15) is 0 Å². The van der Waals surface area contributed by atoms with Gasteiger partial charge >= 0.3 is 0 Å². The molecule has 1 aliphatic carbocycles. The van der Waals surface area contributed by atoms with Crippen LogP contribution in [0.4, 0.5) is 0 Å². The van der Waals surface area contributed by atoms with Gasteiger partial charge in [-0.3, -0.25) is 0 Å². The Bertz CT molecular complexity index is 167. The Labute approximate surface area is 66.0 Å². The number of hydrogen-bond acceptors (Lipinski definition) is 3. The van der Waals surface area contributed by atoms with Crippen molar-refractivity contribution < 1.29 is 15.3 Å². The topological polar surface area (TPSA) is 60.7 Å². The normalized spacial score (nSPS) is 44.9. The Kier molecular flexibility index (Phi) is 2.32. The molecule has 0 heterocycles. The van der Waals surface area contributed by atoms with Crippen LogP contribution in [0, 0.1) is 11.8 Å². The third-order valence-corrected chi connectivity index (χ3v) is 2.53. The van der Waals surface area contributed by atoms with Crippen molar-refractivity contribution in [2.24, 2.45) is 11.8 Å². The molecule has 1 aliphatic rings. The molecule has 4 atom stereocenters. The van der Waals surface area contributed by atoms with Gasteiger partial charge in [-0.2, -0.15) is 0 Å². The summed E-state index contributed by atoms with van der Waals surface area (Å²) < 4.78 is 0. The second kappa shape index (κ2) is 2.93. The molecule has 0 aromatic rings. The highest BCUT2D eigenvalue weighted by molar-refractivity contribution is 5.17. The summed E-state index contributed by atoms with van der Waals surface area (Å²) in [4.78, 5) is 0. The van der Waals surface area contributed by atoms with Crippen molar-refractivity contribution in [1.29, 1.82) is 0 Å². The van der Waals surface area contributed by atoms with Gasteiger partial charge in [-0.15, -0.1) is 0 Å². The van der Waals surface area contributed by atoms with Crippen molar-refractivity contribution in [1.82, 2.24) is 0 Å². The summed E-state index contributed by atoms with van der Waals surface area (Å²) in [6.07, 6.45) is -1.61. The van der Waals surface area contributed by atoms with Gasteiger partial charge in [0, 0.05) is 11.8 Å².